The molecule has 0 radical (unpaired) electrons. The number of hydrazine groups is 1. The Labute approximate surface area is 142 Å². The Morgan fingerprint density at radius 1 is 0.917 bits per heavy atom. The van der Waals surface area contributed by atoms with E-state index in [9.17, 15) is 8.42 Å². The molecule has 0 spiro atoms. The van der Waals surface area contributed by atoms with Crippen molar-refractivity contribution in [2.45, 2.75) is 4.90 Å². The SMILES string of the molecule is CN(C)c1ccc(NNc2ccc(S(=O)(=O)NCCN)cc2)cc1. The van der Waals surface area contributed by atoms with Gasteiger partial charge in [-0.15, -0.1) is 0 Å². The van der Waals surface area contributed by atoms with Crippen LogP contribution in [0.25, 0.3) is 0 Å². The van der Waals surface area contributed by atoms with Crippen molar-refractivity contribution in [3.63, 3.8) is 0 Å². The summed E-state index contributed by atoms with van der Waals surface area (Å²) in [6.07, 6.45) is 0. The van der Waals surface area contributed by atoms with Gasteiger partial charge in [0.1, 0.15) is 0 Å². The van der Waals surface area contributed by atoms with Crippen molar-refractivity contribution in [2.75, 3.05) is 42.9 Å². The Morgan fingerprint density at radius 3 is 1.88 bits per heavy atom. The van der Waals surface area contributed by atoms with Crippen LogP contribution in [-0.4, -0.2) is 35.6 Å². The molecule has 0 aliphatic heterocycles. The lowest BCUT2D eigenvalue weighted by Gasteiger charge is -2.14. The maximum atomic E-state index is 12.0. The molecule has 0 saturated heterocycles. The molecule has 0 amide bonds. The molecule has 0 aromatic heterocycles. The normalized spacial score (nSPS) is 11.1. The summed E-state index contributed by atoms with van der Waals surface area (Å²) in [6.45, 7) is 0.474. The lowest BCUT2D eigenvalue weighted by molar-refractivity contribution is 0.582. The quantitative estimate of drug-likeness (QED) is 0.538. The van der Waals surface area contributed by atoms with Gasteiger partial charge in [-0.3, -0.25) is 0 Å². The second-order valence-electron chi connectivity index (χ2n) is 5.40. The molecule has 0 bridgehead atoms. The third kappa shape index (κ3) is 4.85. The molecule has 2 aromatic rings. The first-order chi connectivity index (χ1) is 11.4. The van der Waals surface area contributed by atoms with Gasteiger partial charge < -0.3 is 21.5 Å². The second-order valence-corrected chi connectivity index (χ2v) is 7.17. The Bertz CT molecular complexity index is 743. The molecular weight excluding hydrogens is 326 g/mol. The van der Waals surface area contributed by atoms with E-state index in [0.717, 1.165) is 17.1 Å². The molecule has 2 aromatic carbocycles. The van der Waals surface area contributed by atoms with E-state index < -0.39 is 10.0 Å². The fraction of sp³-hybridized carbons (Fsp3) is 0.250. The van der Waals surface area contributed by atoms with Crippen molar-refractivity contribution < 1.29 is 8.42 Å². The smallest absolute Gasteiger partial charge is 0.240 e. The summed E-state index contributed by atoms with van der Waals surface area (Å²) in [5, 5.41) is 0. The summed E-state index contributed by atoms with van der Waals surface area (Å²) in [5.74, 6) is 0. The second kappa shape index (κ2) is 8.00. The van der Waals surface area contributed by atoms with Crippen LogP contribution in [0.2, 0.25) is 0 Å². The highest BCUT2D eigenvalue weighted by Crippen LogP contribution is 2.17. The van der Waals surface area contributed by atoms with Gasteiger partial charge in [0.2, 0.25) is 10.0 Å². The summed E-state index contributed by atoms with van der Waals surface area (Å²) in [5.41, 5.74) is 14.2. The highest BCUT2D eigenvalue weighted by molar-refractivity contribution is 7.89. The first kappa shape index (κ1) is 18.1. The van der Waals surface area contributed by atoms with Crippen molar-refractivity contribution in [1.82, 2.24) is 4.72 Å². The topological polar surface area (TPSA) is 99.5 Å². The molecule has 0 fully saturated rings. The zero-order valence-corrected chi connectivity index (χ0v) is 14.6. The number of nitrogens with one attached hydrogen (secondary N) is 3. The van der Waals surface area contributed by atoms with Gasteiger partial charge in [-0.25, -0.2) is 13.1 Å². The molecule has 0 atom stereocenters. The molecule has 2 rings (SSSR count). The fourth-order valence-corrected chi connectivity index (χ4v) is 3.03. The van der Waals surface area contributed by atoms with Crippen LogP contribution >= 0.6 is 0 Å². The van der Waals surface area contributed by atoms with Crippen LogP contribution in [0.3, 0.4) is 0 Å². The minimum atomic E-state index is -3.50. The third-order valence-electron chi connectivity index (χ3n) is 3.34. The van der Waals surface area contributed by atoms with Gasteiger partial charge in [0.15, 0.2) is 0 Å². The van der Waals surface area contributed by atoms with E-state index in [-0.39, 0.29) is 18.0 Å². The predicted molar refractivity (Wildman–Crippen MR) is 98.7 cm³/mol. The van der Waals surface area contributed by atoms with Gasteiger partial charge in [0.05, 0.1) is 16.3 Å². The van der Waals surface area contributed by atoms with E-state index in [0.29, 0.717) is 0 Å². The number of sulfonamides is 1. The van der Waals surface area contributed by atoms with E-state index >= 15 is 0 Å². The Morgan fingerprint density at radius 2 is 1.42 bits per heavy atom. The summed E-state index contributed by atoms with van der Waals surface area (Å²) >= 11 is 0. The standard InChI is InChI=1S/C16H23N5O2S/c1-21(2)15-7-3-13(4-8-15)19-20-14-5-9-16(10-6-14)24(22,23)18-12-11-17/h3-10,18-20H,11-12,17H2,1-2H3. The summed E-state index contributed by atoms with van der Waals surface area (Å²) in [6, 6.07) is 14.4. The molecule has 130 valence electrons. The van der Waals surface area contributed by atoms with Crippen molar-refractivity contribution in [3.05, 3.63) is 48.5 Å². The molecule has 0 aliphatic carbocycles. The molecule has 0 heterocycles. The average molecular weight is 349 g/mol. The number of nitrogens with zero attached hydrogens (tertiary/aromatic N) is 1. The Kier molecular flexibility index (Phi) is 6.02. The zero-order chi connectivity index (χ0) is 17.6. The number of rotatable bonds is 8. The lowest BCUT2D eigenvalue weighted by atomic mass is 10.3. The summed E-state index contributed by atoms with van der Waals surface area (Å²) < 4.78 is 26.3. The van der Waals surface area contributed by atoms with Gasteiger partial charge in [-0.05, 0) is 48.5 Å². The largest absolute Gasteiger partial charge is 0.378 e. The van der Waals surface area contributed by atoms with Gasteiger partial charge in [0.25, 0.3) is 0 Å². The van der Waals surface area contributed by atoms with Gasteiger partial charge in [0, 0.05) is 32.9 Å². The summed E-state index contributed by atoms with van der Waals surface area (Å²) in [7, 11) is 0.468. The van der Waals surface area contributed by atoms with Crippen molar-refractivity contribution in [1.29, 1.82) is 0 Å². The van der Waals surface area contributed by atoms with Crippen molar-refractivity contribution >= 4 is 27.1 Å². The maximum Gasteiger partial charge on any atom is 0.240 e. The molecular formula is C16H23N5O2S. The molecule has 0 unspecified atom stereocenters. The van der Waals surface area contributed by atoms with Crippen LogP contribution in [0, 0.1) is 0 Å². The molecule has 24 heavy (non-hydrogen) atoms. The maximum absolute atomic E-state index is 12.0. The Balaban J connectivity index is 1.96. The zero-order valence-electron chi connectivity index (χ0n) is 13.8. The van der Waals surface area contributed by atoms with Crippen LogP contribution in [0.5, 0.6) is 0 Å². The Hall–Kier alpha value is -2.29. The number of benzene rings is 2. The van der Waals surface area contributed by atoms with E-state index in [1.807, 2.05) is 43.3 Å². The molecule has 7 nitrogen and oxygen atoms in total. The lowest BCUT2D eigenvalue weighted by Crippen LogP contribution is -2.29. The van der Waals surface area contributed by atoms with Crippen molar-refractivity contribution in [2.24, 2.45) is 5.73 Å². The molecule has 0 saturated carbocycles. The van der Waals surface area contributed by atoms with Gasteiger partial charge in [-0.2, -0.15) is 0 Å². The molecule has 8 heteroatoms. The number of hydrogen-bond donors (Lipinski definition) is 4. The molecule has 0 aliphatic rings. The minimum absolute atomic E-state index is 0.205. The first-order valence-corrected chi connectivity index (χ1v) is 9.00. The number of hydrogen-bond acceptors (Lipinski definition) is 6. The van der Waals surface area contributed by atoms with Gasteiger partial charge in [-0.1, -0.05) is 0 Å². The molecule has 5 N–H and O–H groups in total. The number of nitrogens with two attached hydrogens (primary N) is 1. The fourth-order valence-electron chi connectivity index (χ4n) is 1.98. The highest BCUT2D eigenvalue weighted by atomic mass is 32.2. The van der Waals surface area contributed by atoms with E-state index in [4.69, 9.17) is 5.73 Å². The van der Waals surface area contributed by atoms with E-state index in [2.05, 4.69) is 15.6 Å². The third-order valence-corrected chi connectivity index (χ3v) is 4.81. The summed E-state index contributed by atoms with van der Waals surface area (Å²) in [4.78, 5) is 2.23. The van der Waals surface area contributed by atoms with Crippen molar-refractivity contribution in [3.8, 4) is 0 Å². The number of anilines is 3. The highest BCUT2D eigenvalue weighted by Gasteiger charge is 2.12. The van der Waals surface area contributed by atoms with Crippen LogP contribution < -0.4 is 26.2 Å². The van der Waals surface area contributed by atoms with E-state index in [1.54, 1.807) is 12.1 Å². The predicted octanol–water partition coefficient (Wildman–Crippen LogP) is 1.43. The van der Waals surface area contributed by atoms with Gasteiger partial charge >= 0.3 is 0 Å². The first-order valence-electron chi connectivity index (χ1n) is 7.51. The van der Waals surface area contributed by atoms with Crippen LogP contribution in [0.4, 0.5) is 17.1 Å². The van der Waals surface area contributed by atoms with E-state index in [1.165, 1.54) is 12.1 Å². The monoisotopic (exact) mass is 349 g/mol. The van der Waals surface area contributed by atoms with Crippen LogP contribution in [0.1, 0.15) is 0 Å². The minimum Gasteiger partial charge on any atom is -0.378 e. The van der Waals surface area contributed by atoms with Crippen LogP contribution in [0.15, 0.2) is 53.4 Å². The average Bonchev–Trinajstić information content (AvgIpc) is 2.59. The van der Waals surface area contributed by atoms with Crippen LogP contribution in [-0.2, 0) is 10.0 Å².